The van der Waals surface area contributed by atoms with Gasteiger partial charge in [0.05, 0.1) is 16.7 Å². The molecule has 0 saturated carbocycles. The van der Waals surface area contributed by atoms with E-state index in [1.165, 1.54) is 37.0 Å². The summed E-state index contributed by atoms with van der Waals surface area (Å²) in [6.45, 7) is 0. The number of hydrogen-bond donors (Lipinski definition) is 0. The van der Waals surface area contributed by atoms with Crippen LogP contribution in [0.4, 0.5) is 17.1 Å². The first-order chi connectivity index (χ1) is 31.8. The second kappa shape index (κ2) is 15.6. The number of hydrogen-bond acceptors (Lipinski definition) is 2. The van der Waals surface area contributed by atoms with E-state index >= 15 is 0 Å². The second-order valence-corrected chi connectivity index (χ2v) is 20.3. The Bertz CT molecular complexity index is 3490. The topological polar surface area (TPSA) is 21.3 Å². The Morgan fingerprint density at radius 2 is 0.828 bits per heavy atom. The van der Waals surface area contributed by atoms with Crippen LogP contribution >= 0.6 is 0 Å². The molecule has 0 unspecified atom stereocenters. The Hall–Kier alpha value is -8.18. The third-order valence-corrected chi connectivity index (χ3v) is 17.7. The number of fused-ring (bicyclic) bond motifs is 6. The van der Waals surface area contributed by atoms with E-state index in [-0.39, 0.29) is 0 Å². The van der Waals surface area contributed by atoms with Crippen LogP contribution in [0.15, 0.2) is 259 Å². The van der Waals surface area contributed by atoms with Crippen LogP contribution in [0.3, 0.4) is 0 Å². The third kappa shape index (κ3) is 6.10. The van der Waals surface area contributed by atoms with Crippen molar-refractivity contribution in [3.05, 3.63) is 255 Å². The van der Waals surface area contributed by atoms with Crippen LogP contribution in [0.5, 0.6) is 0 Å². The normalized spacial score (nSPS) is 11.8. The highest BCUT2D eigenvalue weighted by Gasteiger charge is 2.41. The van der Waals surface area contributed by atoms with Gasteiger partial charge in [-0.05, 0) is 105 Å². The third-order valence-electron chi connectivity index (χ3n) is 12.9. The number of furan rings is 1. The Morgan fingerprint density at radius 1 is 0.344 bits per heavy atom. The van der Waals surface area contributed by atoms with Gasteiger partial charge >= 0.3 is 0 Å². The standard InChI is InChI=1S/C60H42N2OSi/c1-5-18-45(19-6-1)62-55-28-15-13-27-54(55)60-56(29-17-30-57(60)62)61(46-35-32-43(33-36-46)44-34-41-53-52-26-14-16-31-58(52)63-59(53)42-44)47-37-39-51(40-38-47)64(48-20-7-2-8-21-48,49-22-9-3-10-23-49)50-24-11-4-12-25-50/h1-42H. The van der Waals surface area contributed by atoms with Crippen LogP contribution in [0.25, 0.3) is 60.6 Å². The lowest BCUT2D eigenvalue weighted by Gasteiger charge is -2.35. The molecule has 12 rings (SSSR count). The molecule has 302 valence electrons. The average molecular weight is 835 g/mol. The van der Waals surface area contributed by atoms with E-state index in [9.17, 15) is 0 Å². The van der Waals surface area contributed by atoms with Gasteiger partial charge in [0, 0.05) is 38.6 Å². The highest BCUT2D eigenvalue weighted by Crippen LogP contribution is 2.44. The summed E-state index contributed by atoms with van der Waals surface area (Å²) >= 11 is 0. The van der Waals surface area contributed by atoms with Gasteiger partial charge in [0.1, 0.15) is 11.2 Å². The van der Waals surface area contributed by atoms with Crippen LogP contribution < -0.4 is 25.6 Å². The highest BCUT2D eigenvalue weighted by atomic mass is 28.3. The second-order valence-electron chi connectivity index (χ2n) is 16.4. The molecule has 4 heteroatoms. The largest absolute Gasteiger partial charge is 0.456 e. The Balaban J connectivity index is 1.06. The van der Waals surface area contributed by atoms with Gasteiger partial charge in [-0.25, -0.2) is 0 Å². The molecule has 0 fully saturated rings. The lowest BCUT2D eigenvalue weighted by molar-refractivity contribution is 0.669. The molecular weight excluding hydrogens is 793 g/mol. The van der Waals surface area contributed by atoms with Crippen LogP contribution in [0.2, 0.25) is 0 Å². The molecule has 0 aliphatic carbocycles. The van der Waals surface area contributed by atoms with Gasteiger partial charge in [0.2, 0.25) is 0 Å². The van der Waals surface area contributed by atoms with Crippen LogP contribution in [-0.4, -0.2) is 12.6 Å². The van der Waals surface area contributed by atoms with E-state index < -0.39 is 8.07 Å². The predicted octanol–water partition coefficient (Wildman–Crippen LogP) is 13.2. The summed E-state index contributed by atoms with van der Waals surface area (Å²) < 4.78 is 8.71. The molecule has 0 aliphatic rings. The van der Waals surface area contributed by atoms with Crippen molar-refractivity contribution >= 4 is 89.6 Å². The number of para-hydroxylation sites is 3. The summed E-state index contributed by atoms with van der Waals surface area (Å²) in [6.07, 6.45) is 0. The number of aromatic nitrogens is 1. The number of nitrogens with zero attached hydrogens (tertiary/aromatic N) is 2. The molecule has 10 aromatic carbocycles. The predicted molar refractivity (Wildman–Crippen MR) is 272 cm³/mol. The van der Waals surface area contributed by atoms with E-state index in [0.29, 0.717) is 0 Å². The maximum Gasteiger partial charge on any atom is 0.179 e. The Morgan fingerprint density at radius 3 is 1.47 bits per heavy atom. The molecule has 2 heterocycles. The Kier molecular flexibility index (Phi) is 9.17. The fourth-order valence-corrected chi connectivity index (χ4v) is 14.8. The fraction of sp³-hybridized carbons (Fsp3) is 0. The lowest BCUT2D eigenvalue weighted by atomic mass is 10.0. The van der Waals surface area contributed by atoms with E-state index in [0.717, 1.165) is 61.3 Å². The molecule has 12 aromatic rings. The van der Waals surface area contributed by atoms with Gasteiger partial charge in [-0.2, -0.15) is 0 Å². The van der Waals surface area contributed by atoms with Crippen molar-refractivity contribution < 1.29 is 4.42 Å². The zero-order valence-electron chi connectivity index (χ0n) is 35.1. The van der Waals surface area contributed by atoms with Gasteiger partial charge in [-0.1, -0.05) is 182 Å². The maximum absolute atomic E-state index is 6.31. The SMILES string of the molecule is c1ccc(-n2c3ccccc3c3c(N(c4ccc(-c5ccc6c(c5)oc5ccccc56)cc4)c4ccc([Si](c5ccccc5)(c5ccccc5)c5ccccc5)cc4)cccc32)cc1. The molecule has 0 N–H and O–H groups in total. The van der Waals surface area contributed by atoms with Gasteiger partial charge in [-0.15, -0.1) is 0 Å². The minimum Gasteiger partial charge on any atom is -0.456 e. The maximum atomic E-state index is 6.31. The van der Waals surface area contributed by atoms with Crippen LogP contribution in [-0.2, 0) is 0 Å². The van der Waals surface area contributed by atoms with Crippen molar-refractivity contribution in [2.75, 3.05) is 4.90 Å². The zero-order valence-corrected chi connectivity index (χ0v) is 36.1. The minimum atomic E-state index is -2.74. The van der Waals surface area contributed by atoms with Crippen molar-refractivity contribution in [2.24, 2.45) is 0 Å². The zero-order chi connectivity index (χ0) is 42.5. The summed E-state index contributed by atoms with van der Waals surface area (Å²) in [5.41, 5.74) is 10.8. The first-order valence-electron chi connectivity index (χ1n) is 21.9. The summed E-state index contributed by atoms with van der Waals surface area (Å²) in [5, 5.41) is 10.1. The molecule has 0 radical (unpaired) electrons. The summed E-state index contributed by atoms with van der Waals surface area (Å²) in [7, 11) is -2.74. The van der Waals surface area contributed by atoms with E-state index in [2.05, 4.69) is 252 Å². The molecule has 0 saturated heterocycles. The molecule has 2 aromatic heterocycles. The molecule has 3 nitrogen and oxygen atoms in total. The molecule has 0 spiro atoms. The quantitative estimate of drug-likeness (QED) is 0.107. The van der Waals surface area contributed by atoms with Gasteiger partial charge in [-0.3, -0.25) is 0 Å². The first kappa shape index (κ1) is 37.6. The van der Waals surface area contributed by atoms with E-state index in [4.69, 9.17) is 4.42 Å². The van der Waals surface area contributed by atoms with Crippen LogP contribution in [0, 0.1) is 0 Å². The number of anilines is 3. The Labute approximate surface area is 373 Å². The van der Waals surface area contributed by atoms with Crippen molar-refractivity contribution in [1.29, 1.82) is 0 Å². The number of rotatable bonds is 9. The van der Waals surface area contributed by atoms with Crippen molar-refractivity contribution in [2.45, 2.75) is 0 Å². The monoisotopic (exact) mass is 834 g/mol. The summed E-state index contributed by atoms with van der Waals surface area (Å²) in [5.74, 6) is 0. The van der Waals surface area contributed by atoms with E-state index in [1.807, 2.05) is 12.1 Å². The smallest absolute Gasteiger partial charge is 0.179 e. The molecule has 0 atom stereocenters. The van der Waals surface area contributed by atoms with Crippen LogP contribution in [0.1, 0.15) is 0 Å². The molecule has 0 bridgehead atoms. The lowest BCUT2D eigenvalue weighted by Crippen LogP contribution is -2.74. The average Bonchev–Trinajstić information content (AvgIpc) is 3.92. The minimum absolute atomic E-state index is 0.895. The number of benzene rings is 10. The van der Waals surface area contributed by atoms with Gasteiger partial charge in [0.15, 0.2) is 8.07 Å². The fourth-order valence-electron chi connectivity index (χ4n) is 10.1. The molecular formula is C60H42N2OSi. The molecule has 0 aliphatic heterocycles. The highest BCUT2D eigenvalue weighted by molar-refractivity contribution is 7.19. The summed E-state index contributed by atoms with van der Waals surface area (Å²) in [6, 6.07) is 92.9. The summed E-state index contributed by atoms with van der Waals surface area (Å²) in [4.78, 5) is 2.44. The molecule has 64 heavy (non-hydrogen) atoms. The van der Waals surface area contributed by atoms with Crippen molar-refractivity contribution in [3.63, 3.8) is 0 Å². The van der Waals surface area contributed by atoms with Gasteiger partial charge < -0.3 is 13.9 Å². The molecule has 0 amide bonds. The van der Waals surface area contributed by atoms with Gasteiger partial charge in [0.25, 0.3) is 0 Å². The van der Waals surface area contributed by atoms with Crippen molar-refractivity contribution in [1.82, 2.24) is 4.57 Å². The first-order valence-corrected chi connectivity index (χ1v) is 23.9. The van der Waals surface area contributed by atoms with E-state index in [1.54, 1.807) is 0 Å². The van der Waals surface area contributed by atoms with Crippen molar-refractivity contribution in [3.8, 4) is 16.8 Å².